The van der Waals surface area contributed by atoms with Crippen LogP contribution in [0.15, 0.2) is 71.7 Å². The van der Waals surface area contributed by atoms with E-state index in [0.717, 1.165) is 11.1 Å². The van der Waals surface area contributed by atoms with Crippen molar-refractivity contribution in [2.24, 2.45) is 0 Å². The molecule has 0 saturated carbocycles. The summed E-state index contributed by atoms with van der Waals surface area (Å²) in [6.07, 6.45) is 5.08. The molecule has 1 aromatic heterocycles. The van der Waals surface area contributed by atoms with Crippen LogP contribution in [-0.2, 0) is 0 Å². The summed E-state index contributed by atoms with van der Waals surface area (Å²) in [6, 6.07) is 13.9. The summed E-state index contributed by atoms with van der Waals surface area (Å²) in [7, 11) is 0. The molecule has 0 unspecified atom stereocenters. The lowest BCUT2D eigenvalue weighted by molar-refractivity contribution is 0.0701. The Hall–Kier alpha value is -3.42. The fourth-order valence-corrected chi connectivity index (χ4v) is 4.57. The first-order valence-electron chi connectivity index (χ1n) is 10.3. The summed E-state index contributed by atoms with van der Waals surface area (Å²) in [5.74, 6) is -0.597. The Bertz CT molecular complexity index is 1320. The lowest BCUT2D eigenvalue weighted by Crippen LogP contribution is -2.55. The maximum Gasteiger partial charge on any atom is 0.278 e. The minimum absolute atomic E-state index is 0.0927. The van der Waals surface area contributed by atoms with Gasteiger partial charge in [0.2, 0.25) is 5.43 Å². The second-order valence-corrected chi connectivity index (χ2v) is 8.49. The topological polar surface area (TPSA) is 75.0 Å². The third kappa shape index (κ3) is 3.63. The van der Waals surface area contributed by atoms with Gasteiger partial charge in [-0.15, -0.1) is 0 Å². The number of aromatic hydroxyl groups is 1. The van der Waals surface area contributed by atoms with Gasteiger partial charge in [0.1, 0.15) is 30.1 Å². The van der Waals surface area contributed by atoms with E-state index in [9.17, 15) is 14.7 Å². The fourth-order valence-electron chi connectivity index (χ4n) is 4.19. The predicted molar refractivity (Wildman–Crippen MR) is 126 cm³/mol. The Morgan fingerprint density at radius 1 is 1.00 bits per heavy atom. The van der Waals surface area contributed by atoms with Gasteiger partial charge >= 0.3 is 0 Å². The average molecular weight is 484 g/mol. The minimum Gasteiger partial charge on any atom is -0.502 e. The molecule has 5 rings (SSSR count). The highest BCUT2D eigenvalue weighted by molar-refractivity contribution is 6.43. The van der Waals surface area contributed by atoms with Crippen molar-refractivity contribution < 1.29 is 14.6 Å². The van der Waals surface area contributed by atoms with Crippen LogP contribution in [0.3, 0.4) is 0 Å². The van der Waals surface area contributed by atoms with E-state index >= 15 is 0 Å². The normalized spacial score (nSPS) is 18.6. The molecule has 9 heteroatoms. The van der Waals surface area contributed by atoms with Crippen LogP contribution < -0.4 is 15.2 Å². The highest BCUT2D eigenvalue weighted by atomic mass is 35.5. The van der Waals surface area contributed by atoms with Gasteiger partial charge in [0.25, 0.3) is 5.91 Å². The SMILES string of the molecule is O=C1c2c(O)c(=O)ccn2N2CN1C/C=C\COc1c(ccc(Cl)c1Cl)[C@H]2c1ccccc1. The van der Waals surface area contributed by atoms with E-state index in [1.165, 1.54) is 16.9 Å². The molecule has 3 heterocycles. The van der Waals surface area contributed by atoms with Gasteiger partial charge in [0, 0.05) is 24.4 Å². The van der Waals surface area contributed by atoms with Crippen LogP contribution in [0.1, 0.15) is 27.7 Å². The zero-order valence-electron chi connectivity index (χ0n) is 17.3. The fraction of sp³-hybridized carbons (Fsp3) is 0.167. The number of nitrogens with zero attached hydrogens (tertiary/aromatic N) is 3. The van der Waals surface area contributed by atoms with E-state index in [1.54, 1.807) is 23.1 Å². The van der Waals surface area contributed by atoms with Crippen LogP contribution in [0, 0.1) is 0 Å². The molecule has 2 aliphatic rings. The van der Waals surface area contributed by atoms with Crippen molar-refractivity contribution in [2.45, 2.75) is 6.04 Å². The molecule has 168 valence electrons. The van der Waals surface area contributed by atoms with Crippen molar-refractivity contribution in [1.29, 1.82) is 0 Å². The molecule has 0 radical (unpaired) electrons. The number of carbonyl (C=O) groups excluding carboxylic acids is 1. The molecule has 0 fully saturated rings. The number of hydrogen-bond acceptors (Lipinski definition) is 5. The highest BCUT2D eigenvalue weighted by Gasteiger charge is 2.37. The van der Waals surface area contributed by atoms with Gasteiger partial charge in [-0.05, 0) is 17.7 Å². The number of ether oxygens (including phenoxy) is 1. The van der Waals surface area contributed by atoms with Crippen molar-refractivity contribution in [1.82, 2.24) is 9.58 Å². The Morgan fingerprint density at radius 2 is 1.79 bits per heavy atom. The van der Waals surface area contributed by atoms with Crippen molar-refractivity contribution >= 4 is 29.1 Å². The van der Waals surface area contributed by atoms with Gasteiger partial charge < -0.3 is 14.7 Å². The molecule has 0 saturated heterocycles. The minimum atomic E-state index is -0.619. The quantitative estimate of drug-likeness (QED) is 0.530. The molecule has 1 atom stereocenters. The summed E-state index contributed by atoms with van der Waals surface area (Å²) in [4.78, 5) is 27.0. The Labute approximate surface area is 199 Å². The summed E-state index contributed by atoms with van der Waals surface area (Å²) in [5.41, 5.74) is 0.909. The van der Waals surface area contributed by atoms with Gasteiger partial charge in [0.15, 0.2) is 11.4 Å². The van der Waals surface area contributed by atoms with Crippen molar-refractivity contribution in [3.05, 3.63) is 104 Å². The van der Waals surface area contributed by atoms with Crippen LogP contribution in [0.4, 0.5) is 0 Å². The third-order valence-electron chi connectivity index (χ3n) is 5.74. The van der Waals surface area contributed by atoms with E-state index in [0.29, 0.717) is 10.8 Å². The zero-order valence-corrected chi connectivity index (χ0v) is 18.8. The first-order valence-corrected chi connectivity index (χ1v) is 11.0. The van der Waals surface area contributed by atoms with Crippen LogP contribution >= 0.6 is 23.2 Å². The van der Waals surface area contributed by atoms with Gasteiger partial charge in [-0.3, -0.25) is 19.3 Å². The number of aromatic nitrogens is 1. The number of amides is 1. The van der Waals surface area contributed by atoms with E-state index in [-0.39, 0.29) is 30.5 Å². The number of hydrogen-bond donors (Lipinski definition) is 1. The smallest absolute Gasteiger partial charge is 0.278 e. The third-order valence-corrected chi connectivity index (χ3v) is 6.53. The van der Waals surface area contributed by atoms with Gasteiger partial charge in [-0.25, -0.2) is 0 Å². The van der Waals surface area contributed by atoms with Gasteiger partial charge in [-0.2, -0.15) is 0 Å². The molecule has 2 aliphatic heterocycles. The second kappa shape index (κ2) is 8.50. The Balaban J connectivity index is 1.83. The summed E-state index contributed by atoms with van der Waals surface area (Å²) in [6.45, 7) is 0.692. The molecule has 2 bridgehead atoms. The van der Waals surface area contributed by atoms with E-state index < -0.39 is 23.1 Å². The molecule has 3 aromatic rings. The second-order valence-electron chi connectivity index (χ2n) is 7.71. The molecular formula is C24H19Cl2N3O4. The van der Waals surface area contributed by atoms with Crippen molar-refractivity contribution in [3.8, 4) is 11.5 Å². The van der Waals surface area contributed by atoms with Crippen LogP contribution in [0.2, 0.25) is 10.0 Å². The largest absolute Gasteiger partial charge is 0.502 e. The molecule has 33 heavy (non-hydrogen) atoms. The number of rotatable bonds is 1. The number of fused-ring (bicyclic) bond motifs is 5. The Kier molecular flexibility index (Phi) is 5.52. The monoisotopic (exact) mass is 483 g/mol. The van der Waals surface area contributed by atoms with Crippen molar-refractivity contribution in [2.75, 3.05) is 24.8 Å². The lowest BCUT2D eigenvalue weighted by Gasteiger charge is -2.43. The maximum absolute atomic E-state index is 13.2. The van der Waals surface area contributed by atoms with E-state index in [4.69, 9.17) is 27.9 Å². The number of pyridine rings is 1. The average Bonchev–Trinajstić information content (AvgIpc) is 2.85. The number of benzene rings is 2. The maximum atomic E-state index is 13.2. The zero-order chi connectivity index (χ0) is 23.1. The summed E-state index contributed by atoms with van der Waals surface area (Å²) in [5, 5.41) is 13.1. The molecule has 2 aromatic carbocycles. The van der Waals surface area contributed by atoms with E-state index in [2.05, 4.69) is 0 Å². The molecule has 0 spiro atoms. The molecule has 0 aliphatic carbocycles. The molecule has 1 N–H and O–H groups in total. The van der Waals surface area contributed by atoms with Gasteiger partial charge in [-0.1, -0.05) is 65.7 Å². The molecular weight excluding hydrogens is 465 g/mol. The first-order chi connectivity index (χ1) is 16.0. The van der Waals surface area contributed by atoms with Crippen LogP contribution in [-0.4, -0.2) is 40.4 Å². The van der Waals surface area contributed by atoms with Gasteiger partial charge in [0.05, 0.1) is 5.02 Å². The van der Waals surface area contributed by atoms with E-state index in [1.807, 2.05) is 41.4 Å². The Morgan fingerprint density at radius 3 is 2.58 bits per heavy atom. The van der Waals surface area contributed by atoms with Crippen LogP contribution in [0.25, 0.3) is 0 Å². The standard InChI is InChI=1S/C24H19Cl2N3O4/c25-17-9-8-16-20(15-6-2-1-3-7-15)29-14-27(11-4-5-13-33-23(16)19(17)26)24(32)21-22(31)18(30)10-12-28(21)29/h1-10,12,20,31H,11,13-14H2/b5-4-/t20-/m1/s1. The molecule has 1 amide bonds. The van der Waals surface area contributed by atoms with Crippen molar-refractivity contribution in [3.63, 3.8) is 0 Å². The summed E-state index contributed by atoms with van der Waals surface area (Å²) < 4.78 is 7.58. The highest BCUT2D eigenvalue weighted by Crippen LogP contribution is 2.43. The summed E-state index contributed by atoms with van der Waals surface area (Å²) >= 11 is 12.9. The predicted octanol–water partition coefficient (Wildman–Crippen LogP) is 3.95. The first kappa shape index (κ1) is 21.4. The van der Waals surface area contributed by atoms with Crippen LogP contribution in [0.5, 0.6) is 11.5 Å². The number of halogens is 2. The molecule has 7 nitrogen and oxygen atoms in total. The number of carbonyl (C=O) groups is 1. The lowest BCUT2D eigenvalue weighted by atomic mass is 9.97.